The summed E-state index contributed by atoms with van der Waals surface area (Å²) in [4.78, 5) is 23.2. The summed E-state index contributed by atoms with van der Waals surface area (Å²) in [6.07, 6.45) is 2.09. The van der Waals surface area contributed by atoms with Gasteiger partial charge < -0.3 is 14.6 Å². The van der Waals surface area contributed by atoms with Gasteiger partial charge in [0.05, 0.1) is 52.0 Å². The molecule has 1 atom stereocenters. The first-order valence-electron chi connectivity index (χ1n) is 7.74. The highest BCUT2D eigenvalue weighted by Gasteiger charge is 2.46. The zero-order valence-electron chi connectivity index (χ0n) is 14.0. The monoisotopic (exact) mass is 341 g/mol. The number of aliphatic hydroxyl groups excluding tert-OH is 1. The predicted molar refractivity (Wildman–Crippen MR) is 92.3 cm³/mol. The highest BCUT2D eigenvalue weighted by atomic mass is 31.2. The van der Waals surface area contributed by atoms with E-state index in [4.69, 9.17) is 9.47 Å². The van der Waals surface area contributed by atoms with Crippen LogP contribution in [0.3, 0.4) is 0 Å². The minimum Gasteiger partial charge on any atom is -0.469 e. The van der Waals surface area contributed by atoms with Crippen LogP contribution in [0.1, 0.15) is 26.2 Å². The largest absolute Gasteiger partial charge is 0.469 e. The fourth-order valence-electron chi connectivity index (χ4n) is 2.70. The lowest BCUT2D eigenvalue weighted by atomic mass is 10.4. The van der Waals surface area contributed by atoms with Gasteiger partial charge in [0.15, 0.2) is 5.85 Å². The number of methoxy groups -OCH3 is 2. The Kier molecular flexibility index (Phi) is 8.21. The smallest absolute Gasteiger partial charge is 0.309 e. The molecule has 0 aliphatic carbocycles. The van der Waals surface area contributed by atoms with Crippen molar-refractivity contribution in [3.63, 3.8) is 0 Å². The molecule has 1 aromatic rings. The molecule has 0 fully saturated rings. The average Bonchev–Trinajstić information content (AvgIpc) is 2.61. The highest BCUT2D eigenvalue weighted by Crippen LogP contribution is 2.62. The summed E-state index contributed by atoms with van der Waals surface area (Å²) >= 11 is 0. The van der Waals surface area contributed by atoms with E-state index in [0.717, 1.165) is 5.30 Å². The van der Waals surface area contributed by atoms with Gasteiger partial charge in [-0.25, -0.2) is 0 Å². The van der Waals surface area contributed by atoms with E-state index in [0.29, 0.717) is 18.7 Å². The molecule has 5 nitrogen and oxygen atoms in total. The first-order valence-corrected chi connectivity index (χ1v) is 9.97. The van der Waals surface area contributed by atoms with Gasteiger partial charge in [0.1, 0.15) is 0 Å². The van der Waals surface area contributed by atoms with Gasteiger partial charge in [-0.3, -0.25) is 9.59 Å². The van der Waals surface area contributed by atoms with Crippen molar-refractivity contribution in [3.05, 3.63) is 30.3 Å². The number of carbonyl (C=O) groups is 2. The first-order chi connectivity index (χ1) is 11.0. The lowest BCUT2D eigenvalue weighted by molar-refractivity contribution is -0.140. The van der Waals surface area contributed by atoms with Crippen LogP contribution in [0.4, 0.5) is 0 Å². The van der Waals surface area contributed by atoms with Gasteiger partial charge in [-0.05, 0) is 12.1 Å². The van der Waals surface area contributed by atoms with E-state index >= 15 is 0 Å². The Morgan fingerprint density at radius 1 is 1.04 bits per heavy atom. The maximum absolute atomic E-state index is 11.6. The molecule has 128 valence electrons. The van der Waals surface area contributed by atoms with E-state index in [2.05, 4.69) is 0 Å². The van der Waals surface area contributed by atoms with E-state index in [-0.39, 0.29) is 24.8 Å². The summed E-state index contributed by atoms with van der Waals surface area (Å²) in [7, 11) is 0.594. The molecule has 23 heavy (non-hydrogen) atoms. The Morgan fingerprint density at radius 3 is 1.91 bits per heavy atom. The maximum atomic E-state index is 11.6. The highest BCUT2D eigenvalue weighted by molar-refractivity contribution is 7.83. The second-order valence-electron chi connectivity index (χ2n) is 5.36. The molecule has 6 heteroatoms. The Morgan fingerprint density at radius 2 is 1.52 bits per heavy atom. The minimum atomic E-state index is -2.12. The number of ether oxygens (including phenoxy) is 2. The Hall–Kier alpha value is -1.45. The summed E-state index contributed by atoms with van der Waals surface area (Å²) < 4.78 is 9.49. The van der Waals surface area contributed by atoms with Crippen LogP contribution in [0.2, 0.25) is 0 Å². The third kappa shape index (κ3) is 5.29. The molecule has 1 N–H and O–H groups in total. The van der Waals surface area contributed by atoms with Gasteiger partial charge in [-0.1, -0.05) is 25.1 Å². The van der Waals surface area contributed by atoms with E-state index in [9.17, 15) is 14.7 Å². The number of hydrogen-bond acceptors (Lipinski definition) is 5. The van der Waals surface area contributed by atoms with Gasteiger partial charge in [-0.2, -0.15) is 0 Å². The van der Waals surface area contributed by atoms with Crippen molar-refractivity contribution in [2.45, 2.75) is 32.0 Å². The van der Waals surface area contributed by atoms with Crippen LogP contribution >= 0.6 is 7.26 Å². The van der Waals surface area contributed by atoms with E-state index in [1.165, 1.54) is 14.2 Å². The van der Waals surface area contributed by atoms with Crippen LogP contribution in [0.5, 0.6) is 0 Å². The third-order valence-electron chi connectivity index (χ3n) is 4.09. The predicted octanol–water partition coefficient (Wildman–Crippen LogP) is 2.18. The van der Waals surface area contributed by atoms with Crippen molar-refractivity contribution in [1.82, 2.24) is 0 Å². The first kappa shape index (κ1) is 19.6. The van der Waals surface area contributed by atoms with Gasteiger partial charge in [0.25, 0.3) is 0 Å². The van der Waals surface area contributed by atoms with Crippen LogP contribution < -0.4 is 5.30 Å². The van der Waals surface area contributed by atoms with Crippen LogP contribution in [0.15, 0.2) is 30.3 Å². The van der Waals surface area contributed by atoms with Crippen molar-refractivity contribution in [2.75, 3.05) is 26.5 Å². The Bertz CT molecular complexity index is 483. The van der Waals surface area contributed by atoms with Gasteiger partial charge in [-0.15, -0.1) is 0 Å². The molecule has 0 aliphatic heterocycles. The minimum absolute atomic E-state index is 0.234. The molecule has 0 aliphatic rings. The van der Waals surface area contributed by atoms with E-state index < -0.39 is 13.1 Å². The van der Waals surface area contributed by atoms with Gasteiger partial charge in [0.2, 0.25) is 0 Å². The standard InChI is InChI=1S/C17H26O5P/c1-4-17(20)23(12-10-15(18)21-2,13-11-16(19)22-3)14-8-6-5-7-9-14/h5-9,17,20H,4,10-13H2,1-3H3/q+1. The van der Waals surface area contributed by atoms with E-state index in [1.807, 2.05) is 37.3 Å². The molecule has 0 bridgehead atoms. The summed E-state index contributed by atoms with van der Waals surface area (Å²) in [5.41, 5.74) is 0. The van der Waals surface area contributed by atoms with Gasteiger partial charge >= 0.3 is 11.9 Å². The molecule has 0 spiro atoms. The zero-order chi connectivity index (χ0) is 17.3. The molecule has 0 saturated carbocycles. The van der Waals surface area contributed by atoms with Crippen molar-refractivity contribution in [1.29, 1.82) is 0 Å². The summed E-state index contributed by atoms with van der Waals surface area (Å²) in [5.74, 6) is -1.16. The quantitative estimate of drug-likeness (QED) is 0.551. The van der Waals surface area contributed by atoms with Crippen LogP contribution in [-0.4, -0.2) is 49.4 Å². The van der Waals surface area contributed by atoms with Crippen molar-refractivity contribution in [3.8, 4) is 0 Å². The van der Waals surface area contributed by atoms with E-state index in [1.54, 1.807) is 0 Å². The average molecular weight is 341 g/mol. The number of rotatable bonds is 9. The Balaban J connectivity index is 3.15. The number of hydrogen-bond donors (Lipinski definition) is 1. The second kappa shape index (κ2) is 9.64. The second-order valence-corrected chi connectivity index (χ2v) is 9.43. The number of carbonyl (C=O) groups excluding carboxylic acids is 2. The lowest BCUT2D eigenvalue weighted by Crippen LogP contribution is -2.30. The number of benzene rings is 1. The molecule has 0 saturated heterocycles. The van der Waals surface area contributed by atoms with Crippen molar-refractivity contribution in [2.24, 2.45) is 0 Å². The SMILES string of the molecule is CCC(O)[P+](CCC(=O)OC)(CCC(=O)OC)c1ccccc1. The normalized spacial score (nSPS) is 12.5. The molecule has 1 rings (SSSR count). The summed E-state index contributed by atoms with van der Waals surface area (Å²) in [6.45, 7) is 1.92. The van der Waals surface area contributed by atoms with Crippen molar-refractivity contribution < 1.29 is 24.2 Å². The van der Waals surface area contributed by atoms with Crippen molar-refractivity contribution >= 4 is 24.5 Å². The molecular formula is C17H26O5P+. The van der Waals surface area contributed by atoms with Crippen LogP contribution in [0, 0.1) is 0 Å². The topological polar surface area (TPSA) is 72.8 Å². The maximum Gasteiger partial charge on any atom is 0.309 e. The molecular weight excluding hydrogens is 315 g/mol. The molecule has 0 aromatic heterocycles. The molecule has 0 amide bonds. The fourth-order valence-corrected chi connectivity index (χ4v) is 7.01. The number of aliphatic hydroxyl groups is 1. The Labute approximate surface area is 138 Å². The third-order valence-corrected chi connectivity index (χ3v) is 8.97. The lowest BCUT2D eigenvalue weighted by Gasteiger charge is -2.31. The molecule has 0 radical (unpaired) electrons. The van der Waals surface area contributed by atoms with Crippen LogP contribution in [0.25, 0.3) is 0 Å². The number of esters is 2. The van der Waals surface area contributed by atoms with Gasteiger partial charge in [0, 0.05) is 6.42 Å². The van der Waals surface area contributed by atoms with Crippen LogP contribution in [-0.2, 0) is 19.1 Å². The zero-order valence-corrected chi connectivity index (χ0v) is 14.9. The molecule has 1 unspecified atom stereocenters. The molecule has 0 heterocycles. The summed E-state index contributed by atoms with van der Waals surface area (Å²) in [6, 6.07) is 9.70. The summed E-state index contributed by atoms with van der Waals surface area (Å²) in [5, 5.41) is 11.8. The molecule has 1 aromatic carbocycles. The fraction of sp³-hybridized carbons (Fsp3) is 0.529.